The molecule has 0 saturated carbocycles. The monoisotopic (exact) mass is 880 g/mol. The van der Waals surface area contributed by atoms with Crippen molar-refractivity contribution < 1.29 is 43.4 Å². The number of rotatable bonds is 16. The van der Waals surface area contributed by atoms with Crippen molar-refractivity contribution >= 4 is 75.0 Å². The van der Waals surface area contributed by atoms with Crippen LogP contribution in [0.3, 0.4) is 0 Å². The van der Waals surface area contributed by atoms with E-state index < -0.39 is 63.6 Å². The number of carboxylic acid groups (broad SMARTS) is 1. The summed E-state index contributed by atoms with van der Waals surface area (Å²) in [5, 5.41) is 23.0. The molecule has 61 heavy (non-hydrogen) atoms. The zero-order chi connectivity index (χ0) is 43.4. The van der Waals surface area contributed by atoms with Crippen molar-refractivity contribution in [3.05, 3.63) is 147 Å². The number of nitrogens with one attached hydrogen (secondary N) is 2. The summed E-state index contributed by atoms with van der Waals surface area (Å²) in [6.07, 6.45) is 0.606. The Morgan fingerprint density at radius 2 is 1.57 bits per heavy atom. The number of ether oxygens (including phenoxy) is 2. The van der Waals surface area contributed by atoms with Crippen LogP contribution in [0.25, 0.3) is 0 Å². The number of carbonyl (C=O) groups excluding carboxylic acids is 4. The predicted molar refractivity (Wildman–Crippen MR) is 230 cm³/mol. The molecule has 5 aromatic rings. The Morgan fingerprint density at radius 3 is 2.10 bits per heavy atom. The Hall–Kier alpha value is -6.37. The topological polar surface area (TPSA) is 199 Å². The van der Waals surface area contributed by atoms with E-state index in [-0.39, 0.29) is 12.2 Å². The van der Waals surface area contributed by atoms with Crippen molar-refractivity contribution in [3.8, 4) is 0 Å². The van der Waals surface area contributed by atoms with Crippen LogP contribution in [-0.2, 0) is 50.2 Å². The van der Waals surface area contributed by atoms with Gasteiger partial charge in [-0.05, 0) is 30.5 Å². The van der Waals surface area contributed by atoms with Gasteiger partial charge in [0.2, 0.25) is 5.54 Å². The Kier molecular flexibility index (Phi) is 12.4. The Bertz CT molecular complexity index is 2380. The largest absolute Gasteiger partial charge is 0.479 e. The zero-order valence-corrected chi connectivity index (χ0v) is 35.7. The summed E-state index contributed by atoms with van der Waals surface area (Å²) in [5.74, 6) is -5.60. The molecule has 3 aromatic carbocycles. The minimum absolute atomic E-state index is 0.114. The van der Waals surface area contributed by atoms with Gasteiger partial charge in [0.1, 0.15) is 23.6 Å². The fourth-order valence-corrected chi connectivity index (χ4v) is 10.0. The SMILES string of the molecule is CON=C(C(=O)NC1(C(=O)O)C(=O)N2C=C(C(OC(C)=O)c3cscn3)CS[C@H]21)C(=O)OC(C)(C)Cc1csc(NC(c2ccccc2)(c2ccccc2)c2ccccc2)n1. The van der Waals surface area contributed by atoms with E-state index in [4.69, 9.17) is 19.3 Å². The Balaban J connectivity index is 1.07. The van der Waals surface area contributed by atoms with Gasteiger partial charge in [0.15, 0.2) is 11.2 Å². The number of aromatic nitrogens is 2. The number of anilines is 1. The van der Waals surface area contributed by atoms with Gasteiger partial charge >= 0.3 is 17.9 Å². The molecule has 314 valence electrons. The average molecular weight is 881 g/mol. The zero-order valence-electron chi connectivity index (χ0n) is 33.3. The third kappa shape index (κ3) is 8.51. The molecule has 3 N–H and O–H groups in total. The standard InChI is InChI=1S/C43H40N6O9S3/c1-26(50)57-34(32-24-59-25-44-32)27-21-49-37(53)43(39(54)55,38(49)60-22-27)46-35(51)33(48-56-4)36(52)58-41(2,3)20-31-23-61-40(45-31)47-42(28-14-8-5-9-15-28,29-16-10-6-11-17-29)30-18-12-7-13-19-30/h5-19,21,23-25,34,38H,20,22H2,1-4H3,(H,45,47)(H,46,51)(H,54,55)/t34?,38-,43?/m0/s1. The number of oxime groups is 1. The van der Waals surface area contributed by atoms with Crippen molar-refractivity contribution in [1.82, 2.24) is 20.2 Å². The summed E-state index contributed by atoms with van der Waals surface area (Å²) in [7, 11) is 1.10. The number of nitrogens with zero attached hydrogens (tertiary/aromatic N) is 4. The van der Waals surface area contributed by atoms with Gasteiger partial charge in [0.05, 0.1) is 16.9 Å². The second-order valence-corrected chi connectivity index (χ2v) is 17.3. The van der Waals surface area contributed by atoms with Gasteiger partial charge in [-0.3, -0.25) is 14.4 Å². The number of amides is 2. The normalized spacial score (nSPS) is 18.1. The highest BCUT2D eigenvalue weighted by Gasteiger charge is 2.68. The molecule has 3 atom stereocenters. The highest BCUT2D eigenvalue weighted by Crippen LogP contribution is 2.46. The molecular weight excluding hydrogens is 841 g/mol. The first-order valence-corrected chi connectivity index (χ1v) is 21.7. The van der Waals surface area contributed by atoms with Gasteiger partial charge in [-0.2, -0.15) is 0 Å². The average Bonchev–Trinajstić information content (AvgIpc) is 3.95. The number of aliphatic carboxylic acids is 1. The van der Waals surface area contributed by atoms with Gasteiger partial charge in [-0.1, -0.05) is 96.2 Å². The number of β-lactam (4-membered cyclic amide) rings is 1. The fraction of sp³-hybridized carbons (Fsp3) is 0.256. The van der Waals surface area contributed by atoms with Crippen LogP contribution in [0.1, 0.15) is 55.0 Å². The van der Waals surface area contributed by atoms with Gasteiger partial charge in [0, 0.05) is 41.6 Å². The lowest BCUT2D eigenvalue weighted by Gasteiger charge is -2.53. The van der Waals surface area contributed by atoms with E-state index in [1.807, 2.05) is 60.0 Å². The summed E-state index contributed by atoms with van der Waals surface area (Å²) >= 11 is 3.70. The third-order valence-corrected chi connectivity index (χ3v) is 12.7. The van der Waals surface area contributed by atoms with Crippen LogP contribution < -0.4 is 10.6 Å². The molecule has 7 rings (SSSR count). The van der Waals surface area contributed by atoms with Crippen molar-refractivity contribution in [2.24, 2.45) is 5.16 Å². The molecule has 2 unspecified atom stereocenters. The lowest BCUT2D eigenvalue weighted by Crippen LogP contribution is -2.82. The van der Waals surface area contributed by atoms with Crippen LogP contribution in [0.4, 0.5) is 5.13 Å². The van der Waals surface area contributed by atoms with Crippen molar-refractivity contribution in [2.75, 3.05) is 18.2 Å². The molecular formula is C43H40N6O9S3. The first kappa shape index (κ1) is 42.7. The minimum Gasteiger partial charge on any atom is -0.479 e. The Morgan fingerprint density at radius 1 is 0.967 bits per heavy atom. The molecule has 1 saturated heterocycles. The molecule has 0 aliphatic carbocycles. The molecule has 0 radical (unpaired) electrons. The van der Waals surface area contributed by atoms with Crippen molar-refractivity contribution in [1.29, 1.82) is 0 Å². The van der Waals surface area contributed by atoms with Crippen molar-refractivity contribution in [3.63, 3.8) is 0 Å². The van der Waals surface area contributed by atoms with Crippen LogP contribution in [0, 0.1) is 0 Å². The molecule has 2 aromatic heterocycles. The second kappa shape index (κ2) is 17.7. The van der Waals surface area contributed by atoms with Crippen LogP contribution in [0.15, 0.2) is 124 Å². The number of benzene rings is 3. The number of thioether (sulfide) groups is 1. The molecule has 0 spiro atoms. The minimum atomic E-state index is -2.47. The maximum Gasteiger partial charge on any atom is 0.366 e. The van der Waals surface area contributed by atoms with E-state index in [0.717, 1.165) is 40.5 Å². The van der Waals surface area contributed by atoms with Crippen LogP contribution in [0.5, 0.6) is 0 Å². The van der Waals surface area contributed by atoms with E-state index in [9.17, 15) is 29.1 Å². The summed E-state index contributed by atoms with van der Waals surface area (Å²) in [6.45, 7) is 4.50. The summed E-state index contributed by atoms with van der Waals surface area (Å²) < 4.78 is 11.3. The van der Waals surface area contributed by atoms with Crippen LogP contribution in [0.2, 0.25) is 0 Å². The first-order chi connectivity index (χ1) is 29.3. The molecule has 2 aliphatic rings. The third-order valence-electron chi connectivity index (χ3n) is 9.93. The molecule has 4 heterocycles. The van der Waals surface area contributed by atoms with Gasteiger partial charge in [0.25, 0.3) is 17.5 Å². The lowest BCUT2D eigenvalue weighted by atomic mass is 9.77. The molecule has 0 bridgehead atoms. The number of hydrogen-bond acceptors (Lipinski definition) is 15. The van der Waals surface area contributed by atoms with E-state index in [2.05, 4.69) is 57.2 Å². The molecule has 2 aliphatic heterocycles. The summed E-state index contributed by atoms with van der Waals surface area (Å²) in [4.78, 5) is 80.8. The molecule has 18 heteroatoms. The molecule has 1 fully saturated rings. The number of hydrogen-bond donors (Lipinski definition) is 3. The highest BCUT2D eigenvalue weighted by atomic mass is 32.2. The van der Waals surface area contributed by atoms with Gasteiger partial charge in [-0.25, -0.2) is 19.6 Å². The summed E-state index contributed by atoms with van der Waals surface area (Å²) in [5.41, 5.74) is 0.591. The van der Waals surface area contributed by atoms with Gasteiger partial charge < -0.3 is 35.0 Å². The van der Waals surface area contributed by atoms with Crippen LogP contribution >= 0.6 is 34.4 Å². The van der Waals surface area contributed by atoms with E-state index in [0.29, 0.717) is 22.1 Å². The number of carboxylic acids is 1. The lowest BCUT2D eigenvalue weighted by molar-refractivity contribution is -0.169. The molecule has 15 nitrogen and oxygen atoms in total. The predicted octanol–water partition coefficient (Wildman–Crippen LogP) is 5.91. The quantitative estimate of drug-likeness (QED) is 0.0264. The number of esters is 2. The van der Waals surface area contributed by atoms with E-state index in [1.165, 1.54) is 35.8 Å². The summed E-state index contributed by atoms with van der Waals surface area (Å²) in [6, 6.07) is 30.2. The van der Waals surface area contributed by atoms with Crippen molar-refractivity contribution in [2.45, 2.75) is 55.3 Å². The smallest absolute Gasteiger partial charge is 0.366 e. The van der Waals surface area contributed by atoms with Crippen LogP contribution in [-0.4, -0.2) is 84.8 Å². The second-order valence-electron chi connectivity index (χ2n) is 14.6. The first-order valence-electron chi connectivity index (χ1n) is 18.8. The highest BCUT2D eigenvalue weighted by molar-refractivity contribution is 8.00. The number of carbonyl (C=O) groups is 5. The van der Waals surface area contributed by atoms with Gasteiger partial charge in [-0.15, -0.1) is 34.4 Å². The Labute approximate surface area is 362 Å². The number of fused-ring (bicyclic) bond motifs is 1. The molecule has 2 amide bonds. The van der Waals surface area contributed by atoms with E-state index >= 15 is 0 Å². The maximum atomic E-state index is 13.7. The fourth-order valence-electron chi connectivity index (χ4n) is 7.29. The van der Waals surface area contributed by atoms with E-state index in [1.54, 1.807) is 24.7 Å². The number of thiazole rings is 2. The maximum absolute atomic E-state index is 13.7.